The number of aromatic nitrogens is 5. The number of hydrogen-bond donors (Lipinski definition) is 4. The smallest absolute Gasteiger partial charge is 0.273 e. The number of aryl methyl sites for hydroxylation is 1. The molecule has 0 aliphatic rings. The summed E-state index contributed by atoms with van der Waals surface area (Å²) >= 11 is 0. The van der Waals surface area contributed by atoms with Gasteiger partial charge in [-0.2, -0.15) is 10.1 Å². The van der Waals surface area contributed by atoms with Gasteiger partial charge in [-0.1, -0.05) is 13.8 Å². The van der Waals surface area contributed by atoms with E-state index in [4.69, 9.17) is 11.5 Å². The molecule has 0 spiro atoms. The predicted molar refractivity (Wildman–Crippen MR) is 118 cm³/mol. The normalized spacial score (nSPS) is 13.4. The van der Waals surface area contributed by atoms with E-state index in [9.17, 15) is 4.79 Å². The monoisotopic (exact) mass is 411 g/mol. The second-order valence-electron chi connectivity index (χ2n) is 7.82. The molecule has 160 valence electrons. The van der Waals surface area contributed by atoms with Crippen LogP contribution < -0.4 is 22.1 Å². The maximum Gasteiger partial charge on any atom is 0.273 e. The average molecular weight is 412 g/mol. The van der Waals surface area contributed by atoms with E-state index in [1.807, 2.05) is 42.9 Å². The highest BCUT2D eigenvalue weighted by Crippen LogP contribution is 2.23. The summed E-state index contributed by atoms with van der Waals surface area (Å²) in [6.45, 7) is 8.98. The van der Waals surface area contributed by atoms with Gasteiger partial charge in [-0.15, -0.1) is 10.2 Å². The summed E-state index contributed by atoms with van der Waals surface area (Å²) in [6, 6.07) is 5.56. The largest absolute Gasteiger partial charge is 0.364 e. The van der Waals surface area contributed by atoms with Gasteiger partial charge in [0.25, 0.3) is 5.91 Å². The molecule has 3 rings (SSSR count). The van der Waals surface area contributed by atoms with E-state index in [1.54, 1.807) is 0 Å². The van der Waals surface area contributed by atoms with E-state index in [1.165, 1.54) is 0 Å². The number of benzene rings is 1. The minimum Gasteiger partial charge on any atom is -0.364 e. The van der Waals surface area contributed by atoms with Crippen LogP contribution in [0.4, 0.5) is 17.5 Å². The fraction of sp³-hybridized carbons (Fsp3) is 0.450. The molecule has 0 aliphatic heterocycles. The number of amides is 1. The molecule has 0 radical (unpaired) electrons. The van der Waals surface area contributed by atoms with Crippen molar-refractivity contribution >= 4 is 34.3 Å². The first-order valence-electron chi connectivity index (χ1n) is 10.1. The predicted octanol–water partition coefficient (Wildman–Crippen LogP) is 2.26. The number of fused-ring (bicyclic) bond motifs is 1. The topological polar surface area (TPSA) is 150 Å². The summed E-state index contributed by atoms with van der Waals surface area (Å²) in [5.74, 6) is 0.231. The molecule has 2 aromatic heterocycles. The lowest BCUT2D eigenvalue weighted by molar-refractivity contribution is 0.0995. The number of primary amides is 1. The van der Waals surface area contributed by atoms with Crippen LogP contribution in [0.25, 0.3) is 10.9 Å². The Kier molecular flexibility index (Phi) is 6.46. The first kappa shape index (κ1) is 21.4. The summed E-state index contributed by atoms with van der Waals surface area (Å²) in [5, 5.41) is 19.9. The Morgan fingerprint density at radius 2 is 2.00 bits per heavy atom. The lowest BCUT2D eigenvalue weighted by Crippen LogP contribution is -2.39. The fourth-order valence-corrected chi connectivity index (χ4v) is 3.16. The maximum absolute atomic E-state index is 11.8. The van der Waals surface area contributed by atoms with E-state index in [0.717, 1.165) is 23.9 Å². The maximum atomic E-state index is 11.8. The van der Waals surface area contributed by atoms with Crippen LogP contribution in [0.5, 0.6) is 0 Å². The van der Waals surface area contributed by atoms with Crippen LogP contribution in [-0.4, -0.2) is 43.0 Å². The number of nitrogens with two attached hydrogens (primary N) is 2. The number of rotatable bonds is 9. The standard InChI is InChI=1S/C20H29N9O/c1-5-29-10-13-6-7-14(9-16(13)28-29)23-19-17(18(22)30)26-27-20(25-19)24-15(12(4)21)8-11(2)3/h6-7,9-12,15H,5,8,21H2,1-4H3,(H2,22,30)(H2,23,24,25,27)/t12-,15+/m0/s1. The number of nitrogens with zero attached hydrogens (tertiary/aromatic N) is 5. The second kappa shape index (κ2) is 9.04. The Morgan fingerprint density at radius 3 is 2.63 bits per heavy atom. The molecule has 0 unspecified atom stereocenters. The van der Waals surface area contributed by atoms with Gasteiger partial charge in [0.1, 0.15) is 0 Å². The Morgan fingerprint density at radius 1 is 1.23 bits per heavy atom. The van der Waals surface area contributed by atoms with Crippen LogP contribution in [0, 0.1) is 5.92 Å². The van der Waals surface area contributed by atoms with Crippen molar-refractivity contribution in [2.45, 2.75) is 52.7 Å². The summed E-state index contributed by atoms with van der Waals surface area (Å²) in [6.07, 6.45) is 2.82. The van der Waals surface area contributed by atoms with Gasteiger partial charge in [-0.05, 0) is 44.4 Å². The van der Waals surface area contributed by atoms with Crippen molar-refractivity contribution in [1.82, 2.24) is 25.0 Å². The van der Waals surface area contributed by atoms with Crippen LogP contribution in [0.15, 0.2) is 24.4 Å². The third kappa shape index (κ3) is 5.01. The molecule has 3 aromatic rings. The van der Waals surface area contributed by atoms with Gasteiger partial charge in [0.05, 0.1) is 5.52 Å². The van der Waals surface area contributed by atoms with Crippen LogP contribution in [0.3, 0.4) is 0 Å². The number of nitrogens with one attached hydrogen (secondary N) is 2. The lowest BCUT2D eigenvalue weighted by Gasteiger charge is -2.24. The van der Waals surface area contributed by atoms with Crippen LogP contribution in [0.1, 0.15) is 44.6 Å². The second-order valence-corrected chi connectivity index (χ2v) is 7.82. The Balaban J connectivity index is 1.90. The molecule has 0 saturated heterocycles. The fourth-order valence-electron chi connectivity index (χ4n) is 3.16. The van der Waals surface area contributed by atoms with E-state index >= 15 is 0 Å². The molecule has 1 amide bonds. The number of hydrogen-bond acceptors (Lipinski definition) is 8. The van der Waals surface area contributed by atoms with Crippen LogP contribution >= 0.6 is 0 Å². The molecular weight excluding hydrogens is 382 g/mol. The summed E-state index contributed by atoms with van der Waals surface area (Å²) in [5.41, 5.74) is 13.1. The van der Waals surface area contributed by atoms with E-state index in [2.05, 4.69) is 44.8 Å². The molecule has 0 aliphatic carbocycles. The zero-order chi connectivity index (χ0) is 21.8. The Hall–Kier alpha value is -3.27. The van der Waals surface area contributed by atoms with Gasteiger partial charge in [0.15, 0.2) is 11.5 Å². The summed E-state index contributed by atoms with van der Waals surface area (Å²) in [7, 11) is 0. The van der Waals surface area contributed by atoms with Crippen molar-refractivity contribution in [1.29, 1.82) is 0 Å². The van der Waals surface area contributed by atoms with E-state index in [-0.39, 0.29) is 29.5 Å². The summed E-state index contributed by atoms with van der Waals surface area (Å²) in [4.78, 5) is 16.3. The van der Waals surface area contributed by atoms with Gasteiger partial charge < -0.3 is 22.1 Å². The van der Waals surface area contributed by atoms with Crippen molar-refractivity contribution in [3.05, 3.63) is 30.1 Å². The molecule has 0 saturated carbocycles. The highest BCUT2D eigenvalue weighted by atomic mass is 16.1. The van der Waals surface area contributed by atoms with Crippen molar-refractivity contribution in [2.24, 2.45) is 17.4 Å². The number of anilines is 3. The van der Waals surface area contributed by atoms with E-state index in [0.29, 0.717) is 11.6 Å². The molecule has 0 bridgehead atoms. The van der Waals surface area contributed by atoms with Crippen LogP contribution in [0.2, 0.25) is 0 Å². The summed E-state index contributed by atoms with van der Waals surface area (Å²) < 4.78 is 1.86. The zero-order valence-electron chi connectivity index (χ0n) is 17.8. The Labute approximate surface area is 175 Å². The molecule has 6 N–H and O–H groups in total. The molecule has 1 aromatic carbocycles. The molecule has 2 atom stereocenters. The zero-order valence-corrected chi connectivity index (χ0v) is 17.8. The average Bonchev–Trinajstić information content (AvgIpc) is 3.09. The third-order valence-corrected chi connectivity index (χ3v) is 4.74. The SMILES string of the molecule is CCn1cc2ccc(Nc3nc(N[C@H](CC(C)C)[C@H](C)N)nnc3C(N)=O)cc2n1. The first-order valence-corrected chi connectivity index (χ1v) is 10.1. The molecule has 2 heterocycles. The quantitative estimate of drug-likeness (QED) is 0.419. The molecular formula is C20H29N9O. The molecule has 0 fully saturated rings. The lowest BCUT2D eigenvalue weighted by atomic mass is 9.99. The molecule has 10 heteroatoms. The highest BCUT2D eigenvalue weighted by Gasteiger charge is 2.20. The third-order valence-electron chi connectivity index (χ3n) is 4.74. The van der Waals surface area contributed by atoms with E-state index < -0.39 is 5.91 Å². The van der Waals surface area contributed by atoms with Gasteiger partial charge in [-0.25, -0.2) is 0 Å². The molecule has 30 heavy (non-hydrogen) atoms. The Bertz CT molecular complexity index is 1030. The molecule has 10 nitrogen and oxygen atoms in total. The highest BCUT2D eigenvalue weighted by molar-refractivity contribution is 5.96. The van der Waals surface area contributed by atoms with Gasteiger partial charge in [0, 0.05) is 35.9 Å². The van der Waals surface area contributed by atoms with Crippen LogP contribution in [-0.2, 0) is 6.54 Å². The van der Waals surface area contributed by atoms with Gasteiger partial charge in [-0.3, -0.25) is 9.48 Å². The van der Waals surface area contributed by atoms with Crippen molar-refractivity contribution in [3.8, 4) is 0 Å². The van der Waals surface area contributed by atoms with Crippen molar-refractivity contribution in [2.75, 3.05) is 10.6 Å². The van der Waals surface area contributed by atoms with Gasteiger partial charge in [0.2, 0.25) is 5.95 Å². The van der Waals surface area contributed by atoms with Gasteiger partial charge >= 0.3 is 0 Å². The minimum atomic E-state index is -0.716. The minimum absolute atomic E-state index is 0.0339. The first-order chi connectivity index (χ1) is 14.3. The number of carbonyl (C=O) groups is 1. The van der Waals surface area contributed by atoms with Crippen molar-refractivity contribution < 1.29 is 4.79 Å². The van der Waals surface area contributed by atoms with Crippen molar-refractivity contribution in [3.63, 3.8) is 0 Å². The number of carbonyl (C=O) groups excluding carboxylic acids is 1.